The van der Waals surface area contributed by atoms with E-state index in [4.69, 9.17) is 0 Å². The van der Waals surface area contributed by atoms with Gasteiger partial charge >= 0.3 is 0 Å². The second-order valence-corrected chi connectivity index (χ2v) is 26.9. The molecule has 492 valence electrons. The van der Waals surface area contributed by atoms with Crippen LogP contribution in [0.1, 0.15) is 157 Å². The molecule has 0 aromatic rings. The quantitative estimate of drug-likeness (QED) is 0.147. The molecule has 11 amide bonds. The number of hydrogen-bond donors (Lipinski definition) is 5. The van der Waals surface area contributed by atoms with E-state index in [1.54, 1.807) is 61.5 Å². The summed E-state index contributed by atoms with van der Waals surface area (Å²) in [4.78, 5) is 169. The Bertz CT molecular complexity index is 2360. The highest BCUT2D eigenvalue weighted by molar-refractivity contribution is 5.99. The fourth-order valence-electron chi connectivity index (χ4n) is 10.8. The first kappa shape index (κ1) is 77.9. The molecule has 12 atom stereocenters. The van der Waals surface area contributed by atoms with Gasteiger partial charge in [-0.15, -0.1) is 0 Å². The van der Waals surface area contributed by atoms with E-state index in [-0.39, 0.29) is 49.4 Å². The molecule has 1 aliphatic heterocycles. The number of allylic oxidation sites excluding steroid dienone is 2. The fourth-order valence-corrected chi connectivity index (χ4v) is 10.8. The van der Waals surface area contributed by atoms with Gasteiger partial charge < -0.3 is 60.7 Å². The number of likely N-dealkylation sites (N-methyl/N-ethyl adjacent to an activating group) is 7. The van der Waals surface area contributed by atoms with Gasteiger partial charge in [0.25, 0.3) is 0 Å². The van der Waals surface area contributed by atoms with Crippen LogP contribution in [0, 0.1) is 47.3 Å². The van der Waals surface area contributed by atoms with Crippen molar-refractivity contribution in [3.8, 4) is 0 Å². The Morgan fingerprint density at radius 1 is 0.419 bits per heavy atom. The second kappa shape index (κ2) is 35.0. The molecule has 0 aliphatic carbocycles. The van der Waals surface area contributed by atoms with Crippen molar-refractivity contribution < 1.29 is 57.8 Å². The molecule has 1 rings (SSSR count). The van der Waals surface area contributed by atoms with Crippen molar-refractivity contribution in [1.29, 1.82) is 0 Å². The van der Waals surface area contributed by atoms with Gasteiger partial charge in [-0.3, -0.25) is 52.7 Å². The Labute approximate surface area is 515 Å². The molecule has 23 nitrogen and oxygen atoms in total. The van der Waals surface area contributed by atoms with Crippen molar-refractivity contribution in [2.24, 2.45) is 47.3 Å². The highest BCUT2D eigenvalue weighted by Gasteiger charge is 2.46. The van der Waals surface area contributed by atoms with Crippen LogP contribution in [0.2, 0.25) is 0 Å². The zero-order valence-electron chi connectivity index (χ0n) is 56.9. The van der Waals surface area contributed by atoms with Gasteiger partial charge in [-0.05, 0) is 100 Å². The van der Waals surface area contributed by atoms with E-state index >= 15 is 9.59 Å². The summed E-state index contributed by atoms with van der Waals surface area (Å²) in [6, 6.07) is -12.4. The molecule has 0 saturated carbocycles. The maximum absolute atomic E-state index is 15.2. The van der Waals surface area contributed by atoms with Gasteiger partial charge in [0.05, 0.1) is 12.6 Å². The highest BCUT2D eigenvalue weighted by Crippen LogP contribution is 2.26. The second-order valence-electron chi connectivity index (χ2n) is 26.9. The van der Waals surface area contributed by atoms with E-state index in [9.17, 15) is 48.3 Å². The van der Waals surface area contributed by atoms with Crippen LogP contribution in [-0.2, 0) is 52.7 Å². The lowest BCUT2D eigenvalue weighted by molar-refractivity contribution is -0.157. The molecule has 23 heteroatoms. The minimum Gasteiger partial charge on any atom is -0.390 e. The Balaban J connectivity index is 4.37. The van der Waals surface area contributed by atoms with Gasteiger partial charge in [-0.2, -0.15) is 0 Å². The molecule has 0 aromatic heterocycles. The number of aliphatic hydroxyl groups is 1. The van der Waals surface area contributed by atoms with Crippen molar-refractivity contribution in [2.75, 3.05) is 55.9 Å². The molecular weight excluding hydrogens is 1100 g/mol. The number of carbonyl (C=O) groups excluding carboxylic acids is 11. The number of nitrogens with one attached hydrogen (secondary N) is 4. The lowest BCUT2D eigenvalue weighted by Gasteiger charge is -2.41. The third-order valence-corrected chi connectivity index (χ3v) is 16.3. The van der Waals surface area contributed by atoms with Gasteiger partial charge in [-0.1, -0.05) is 116 Å². The number of nitrogens with zero attached hydrogens (tertiary/aromatic N) is 7. The van der Waals surface area contributed by atoms with Crippen LogP contribution in [0.4, 0.5) is 0 Å². The van der Waals surface area contributed by atoms with Crippen LogP contribution < -0.4 is 21.3 Å². The van der Waals surface area contributed by atoms with E-state index in [2.05, 4.69) is 21.3 Å². The lowest BCUT2D eigenvalue weighted by atomic mass is 9.91. The number of amides is 11. The first-order chi connectivity index (χ1) is 39.6. The van der Waals surface area contributed by atoms with E-state index in [0.29, 0.717) is 6.42 Å². The third-order valence-electron chi connectivity index (χ3n) is 16.3. The third kappa shape index (κ3) is 21.6. The van der Waals surface area contributed by atoms with Crippen LogP contribution in [0.5, 0.6) is 0 Å². The summed E-state index contributed by atoms with van der Waals surface area (Å²) in [5.74, 6) is -10.3. The predicted molar refractivity (Wildman–Crippen MR) is 333 cm³/mol. The molecule has 0 bridgehead atoms. The first-order valence-electron chi connectivity index (χ1n) is 30.9. The molecular formula is C63H113N11O12. The topological polar surface area (TPSA) is 279 Å². The molecule has 5 N–H and O–H groups in total. The first-order valence-corrected chi connectivity index (χ1v) is 30.9. The Kier molecular flexibility index (Phi) is 31.7. The fraction of sp³-hybridized carbons (Fsp3) is 0.794. The summed E-state index contributed by atoms with van der Waals surface area (Å²) in [5.41, 5.74) is 0. The summed E-state index contributed by atoms with van der Waals surface area (Å²) < 4.78 is 0. The van der Waals surface area contributed by atoms with Gasteiger partial charge in [0, 0.05) is 49.3 Å². The summed E-state index contributed by atoms with van der Waals surface area (Å²) in [6.07, 6.45) is 3.00. The van der Waals surface area contributed by atoms with E-state index < -0.39 is 162 Å². The molecule has 1 aliphatic rings. The van der Waals surface area contributed by atoms with Crippen LogP contribution in [-0.4, -0.2) is 227 Å². The van der Waals surface area contributed by atoms with Crippen molar-refractivity contribution >= 4 is 65.0 Å². The largest absolute Gasteiger partial charge is 0.390 e. The SMILES string of the molecule is C/C=C/C[C@@H](C)[C@@H](O)C1C(=O)N[C@@H](C(C)C)C(=O)N(C)CC(=O)N(C)[C@@H](CC(C)C)C(=O)N[C@@H](C(C)C)C(=O)N(C)[C@@H](CC(C)C)C(=O)N[C@@H](C)C(=O)N[C@H](C)C(=O)N(C)[C@@H](CC(C)C)C(=O)N(C)[C@@H](CC(C)C)C(=O)N(C)[C@@H](C(C)C)C(=O)N1C. The van der Waals surface area contributed by atoms with Crippen molar-refractivity contribution in [3.05, 3.63) is 12.2 Å². The summed E-state index contributed by atoms with van der Waals surface area (Å²) >= 11 is 0. The van der Waals surface area contributed by atoms with E-state index in [1.165, 1.54) is 87.7 Å². The van der Waals surface area contributed by atoms with E-state index in [1.807, 2.05) is 61.5 Å². The maximum Gasteiger partial charge on any atom is 0.246 e. The monoisotopic (exact) mass is 1220 g/mol. The number of hydrogen-bond acceptors (Lipinski definition) is 12. The Morgan fingerprint density at radius 3 is 1.23 bits per heavy atom. The van der Waals surface area contributed by atoms with Crippen LogP contribution in [0.25, 0.3) is 0 Å². The van der Waals surface area contributed by atoms with Crippen LogP contribution in [0.15, 0.2) is 12.2 Å². The molecule has 0 spiro atoms. The average molecular weight is 1220 g/mol. The molecule has 1 fully saturated rings. The van der Waals surface area contributed by atoms with Crippen LogP contribution >= 0.6 is 0 Å². The highest BCUT2D eigenvalue weighted by atomic mass is 16.3. The van der Waals surface area contributed by atoms with E-state index in [0.717, 1.165) is 9.80 Å². The summed E-state index contributed by atoms with van der Waals surface area (Å²) in [7, 11) is 9.93. The van der Waals surface area contributed by atoms with Crippen molar-refractivity contribution in [3.63, 3.8) is 0 Å². The number of rotatable bonds is 15. The number of carbonyl (C=O) groups is 11. The van der Waals surface area contributed by atoms with Crippen molar-refractivity contribution in [1.82, 2.24) is 55.6 Å². The molecule has 1 saturated heterocycles. The molecule has 0 aromatic carbocycles. The maximum atomic E-state index is 15.2. The van der Waals surface area contributed by atoms with Crippen LogP contribution in [0.3, 0.4) is 0 Å². The van der Waals surface area contributed by atoms with Gasteiger partial charge in [0.1, 0.15) is 60.4 Å². The normalized spacial score (nSPS) is 26.8. The zero-order valence-corrected chi connectivity index (χ0v) is 56.9. The molecule has 86 heavy (non-hydrogen) atoms. The predicted octanol–water partition coefficient (Wildman–Crippen LogP) is 3.52. The standard InChI is InChI=1S/C63H113N11O12/c1-26-27-28-41(16)53(76)52-57(80)67-49(38(10)11)61(84)68(19)33-48(75)69(20)44(29-34(2)3)56(79)66-50(39(12)13)62(85)70(21)45(30-35(4)5)55(78)64-42(17)54(77)65-43(18)58(81)71(22)46(31-36(6)7)59(82)72(23)47(32-37(8)9)60(83)73(24)51(40(14)15)63(86)74(52)25/h26-27,34-47,49-53,76H,28-33H2,1-25H3,(H,64,78)(H,65,77)(H,66,79)(H,67,80)/b27-26+/t41-,42+,43-,44+,45+,46+,47+,49+,50+,51+,52?,53-/m1/s1. The average Bonchev–Trinajstić information content (AvgIpc) is 2.16. The van der Waals surface area contributed by atoms with Gasteiger partial charge in [0.15, 0.2) is 0 Å². The van der Waals surface area contributed by atoms with Gasteiger partial charge in [-0.25, -0.2) is 0 Å². The lowest BCUT2D eigenvalue weighted by Crippen LogP contribution is -2.64. The number of aliphatic hydroxyl groups excluding tert-OH is 1. The summed E-state index contributed by atoms with van der Waals surface area (Å²) in [5, 5.41) is 23.2. The molecule has 1 heterocycles. The minimum absolute atomic E-state index is 0.131. The molecule has 0 radical (unpaired) electrons. The van der Waals surface area contributed by atoms with Crippen molar-refractivity contribution in [2.45, 2.75) is 223 Å². The zero-order chi connectivity index (χ0) is 66.8. The smallest absolute Gasteiger partial charge is 0.246 e. The minimum atomic E-state index is -1.62. The Morgan fingerprint density at radius 2 is 0.791 bits per heavy atom. The summed E-state index contributed by atoms with van der Waals surface area (Å²) in [6.45, 7) is 31.1. The molecule has 1 unspecified atom stereocenters. The van der Waals surface area contributed by atoms with Gasteiger partial charge in [0.2, 0.25) is 65.0 Å². The Hall–Kier alpha value is -6.13.